The molecule has 1 aromatic heterocycles. The van der Waals surface area contributed by atoms with Gasteiger partial charge >= 0.3 is 0 Å². The van der Waals surface area contributed by atoms with Crippen molar-refractivity contribution in [3.05, 3.63) is 76.6 Å². The predicted molar refractivity (Wildman–Crippen MR) is 139 cm³/mol. The number of benzene rings is 2. The summed E-state index contributed by atoms with van der Waals surface area (Å²) in [5, 5.41) is 6.65. The standard InChI is InChI=1S/C29H35N3O2/c1-19-11-20(2)14-23(13-19)26-17-30-18-27(28(26)34-10-8-25-7-5-6-9-31-25)32-29(33)24-15-21(3)12-22(4)16-24/h11-18,25,31H,5-10H2,1-4H3,(H,32,33). The smallest absolute Gasteiger partial charge is 0.255 e. The lowest BCUT2D eigenvalue weighted by molar-refractivity contribution is 0.102. The van der Waals surface area contributed by atoms with Gasteiger partial charge in [-0.2, -0.15) is 0 Å². The van der Waals surface area contributed by atoms with Crippen molar-refractivity contribution in [3.8, 4) is 16.9 Å². The van der Waals surface area contributed by atoms with Crippen molar-refractivity contribution in [2.75, 3.05) is 18.5 Å². The van der Waals surface area contributed by atoms with E-state index in [2.05, 4.69) is 53.7 Å². The van der Waals surface area contributed by atoms with Gasteiger partial charge in [-0.25, -0.2) is 0 Å². The van der Waals surface area contributed by atoms with Crippen molar-refractivity contribution >= 4 is 11.6 Å². The molecule has 3 aromatic rings. The number of hydrogen-bond acceptors (Lipinski definition) is 4. The Morgan fingerprint density at radius 3 is 2.29 bits per heavy atom. The maximum Gasteiger partial charge on any atom is 0.255 e. The highest BCUT2D eigenvalue weighted by molar-refractivity contribution is 6.05. The number of hydrogen-bond donors (Lipinski definition) is 2. The Bertz CT molecular complexity index is 1130. The van der Waals surface area contributed by atoms with E-state index in [4.69, 9.17) is 4.74 Å². The van der Waals surface area contributed by atoms with E-state index < -0.39 is 0 Å². The highest BCUT2D eigenvalue weighted by atomic mass is 16.5. The highest BCUT2D eigenvalue weighted by Gasteiger charge is 2.18. The van der Waals surface area contributed by atoms with Gasteiger partial charge in [-0.05, 0) is 71.2 Å². The predicted octanol–water partition coefficient (Wildman–Crippen LogP) is 6.15. The third kappa shape index (κ3) is 6.03. The Morgan fingerprint density at radius 2 is 1.65 bits per heavy atom. The number of carbonyl (C=O) groups excluding carboxylic acids is 1. The molecule has 34 heavy (non-hydrogen) atoms. The van der Waals surface area contributed by atoms with Gasteiger partial charge in [-0.3, -0.25) is 9.78 Å². The average Bonchev–Trinajstić information content (AvgIpc) is 2.79. The zero-order valence-electron chi connectivity index (χ0n) is 20.7. The van der Waals surface area contributed by atoms with Gasteiger partial charge in [0, 0.05) is 23.4 Å². The van der Waals surface area contributed by atoms with Crippen molar-refractivity contribution < 1.29 is 9.53 Å². The summed E-state index contributed by atoms with van der Waals surface area (Å²) in [6.45, 7) is 9.83. The van der Waals surface area contributed by atoms with E-state index in [1.54, 1.807) is 6.20 Å². The molecule has 1 saturated heterocycles. The van der Waals surface area contributed by atoms with Gasteiger partial charge < -0.3 is 15.4 Å². The fraction of sp³-hybridized carbons (Fsp3) is 0.379. The maximum atomic E-state index is 13.1. The average molecular weight is 458 g/mol. The third-order valence-electron chi connectivity index (χ3n) is 6.29. The van der Waals surface area contributed by atoms with Gasteiger partial charge in [0.05, 0.1) is 12.8 Å². The lowest BCUT2D eigenvalue weighted by Gasteiger charge is -2.24. The Hall–Kier alpha value is -3.18. The van der Waals surface area contributed by atoms with Crippen LogP contribution >= 0.6 is 0 Å². The van der Waals surface area contributed by atoms with Crippen LogP contribution < -0.4 is 15.4 Å². The van der Waals surface area contributed by atoms with Crippen LogP contribution in [0.1, 0.15) is 58.3 Å². The molecule has 2 aromatic carbocycles. The summed E-state index contributed by atoms with van der Waals surface area (Å²) < 4.78 is 6.39. The van der Waals surface area contributed by atoms with E-state index >= 15 is 0 Å². The van der Waals surface area contributed by atoms with Gasteiger partial charge in [-0.15, -0.1) is 0 Å². The van der Waals surface area contributed by atoms with Crippen LogP contribution in [0.3, 0.4) is 0 Å². The monoisotopic (exact) mass is 457 g/mol. The molecule has 5 nitrogen and oxygen atoms in total. The van der Waals surface area contributed by atoms with E-state index in [1.807, 2.05) is 32.2 Å². The molecular weight excluding hydrogens is 422 g/mol. The van der Waals surface area contributed by atoms with Gasteiger partial charge in [0.1, 0.15) is 5.69 Å². The Kier molecular flexibility index (Phi) is 7.63. The largest absolute Gasteiger partial charge is 0.491 e. The van der Waals surface area contributed by atoms with Crippen LogP contribution in [0.2, 0.25) is 0 Å². The number of nitrogens with one attached hydrogen (secondary N) is 2. The van der Waals surface area contributed by atoms with Crippen molar-refractivity contribution in [1.29, 1.82) is 0 Å². The molecule has 0 radical (unpaired) electrons. The van der Waals surface area contributed by atoms with E-state index in [0.717, 1.165) is 35.2 Å². The SMILES string of the molecule is Cc1cc(C)cc(C(=O)Nc2cncc(-c3cc(C)cc(C)c3)c2OCCC2CCCCN2)c1. The molecule has 5 heteroatoms. The molecule has 1 amide bonds. The summed E-state index contributed by atoms with van der Waals surface area (Å²) in [5.41, 5.74) is 7.63. The molecular formula is C29H35N3O2. The zero-order valence-corrected chi connectivity index (χ0v) is 20.7. The van der Waals surface area contributed by atoms with Crippen LogP contribution in [0.25, 0.3) is 11.1 Å². The quantitative estimate of drug-likeness (QED) is 0.447. The molecule has 0 saturated carbocycles. The van der Waals surface area contributed by atoms with Crippen molar-refractivity contribution in [1.82, 2.24) is 10.3 Å². The van der Waals surface area contributed by atoms with Crippen LogP contribution in [0, 0.1) is 27.7 Å². The highest BCUT2D eigenvalue weighted by Crippen LogP contribution is 2.37. The molecule has 0 spiro atoms. The first kappa shape index (κ1) is 24.0. The number of amides is 1. The molecule has 0 aliphatic carbocycles. The molecule has 1 fully saturated rings. The van der Waals surface area contributed by atoms with Crippen molar-refractivity contribution in [2.24, 2.45) is 0 Å². The molecule has 4 rings (SSSR count). The topological polar surface area (TPSA) is 63.2 Å². The number of pyridine rings is 1. The number of aryl methyl sites for hydroxylation is 4. The van der Waals surface area contributed by atoms with Crippen molar-refractivity contribution in [2.45, 2.75) is 59.4 Å². The van der Waals surface area contributed by atoms with E-state index in [-0.39, 0.29) is 5.91 Å². The minimum absolute atomic E-state index is 0.162. The number of ether oxygens (including phenoxy) is 1. The van der Waals surface area contributed by atoms with Crippen LogP contribution in [-0.4, -0.2) is 30.1 Å². The fourth-order valence-corrected chi connectivity index (χ4v) is 4.80. The normalized spacial score (nSPS) is 15.7. The Balaban J connectivity index is 1.64. The number of carbonyl (C=O) groups is 1. The minimum atomic E-state index is -0.162. The van der Waals surface area contributed by atoms with E-state index in [0.29, 0.717) is 29.6 Å². The molecule has 1 aliphatic rings. The van der Waals surface area contributed by atoms with E-state index in [9.17, 15) is 4.79 Å². The second kappa shape index (κ2) is 10.8. The molecule has 1 aliphatic heterocycles. The number of piperidine rings is 1. The molecule has 2 N–H and O–H groups in total. The first-order valence-corrected chi connectivity index (χ1v) is 12.2. The number of rotatable bonds is 7. The minimum Gasteiger partial charge on any atom is -0.491 e. The summed E-state index contributed by atoms with van der Waals surface area (Å²) in [5.74, 6) is 0.513. The number of aromatic nitrogens is 1. The summed E-state index contributed by atoms with van der Waals surface area (Å²) in [6.07, 6.45) is 8.12. The zero-order chi connectivity index (χ0) is 24.1. The molecule has 0 bridgehead atoms. The first-order chi connectivity index (χ1) is 16.4. The van der Waals surface area contributed by atoms with Gasteiger partial charge in [-0.1, -0.05) is 52.9 Å². The third-order valence-corrected chi connectivity index (χ3v) is 6.29. The second-order valence-electron chi connectivity index (χ2n) is 9.55. The Morgan fingerprint density at radius 1 is 0.971 bits per heavy atom. The van der Waals surface area contributed by atoms with Crippen molar-refractivity contribution in [3.63, 3.8) is 0 Å². The van der Waals surface area contributed by atoms with Crippen LogP contribution in [0.5, 0.6) is 5.75 Å². The van der Waals surface area contributed by atoms with Crippen LogP contribution in [0.4, 0.5) is 5.69 Å². The summed E-state index contributed by atoms with van der Waals surface area (Å²) in [4.78, 5) is 17.6. The molecule has 178 valence electrons. The molecule has 2 heterocycles. The van der Waals surface area contributed by atoms with E-state index in [1.165, 1.54) is 30.4 Å². The second-order valence-corrected chi connectivity index (χ2v) is 9.55. The fourth-order valence-electron chi connectivity index (χ4n) is 4.80. The van der Waals surface area contributed by atoms with Gasteiger partial charge in [0.2, 0.25) is 0 Å². The maximum absolute atomic E-state index is 13.1. The van der Waals surface area contributed by atoms with Gasteiger partial charge in [0.15, 0.2) is 5.75 Å². The van der Waals surface area contributed by atoms with Gasteiger partial charge in [0.25, 0.3) is 5.91 Å². The summed E-state index contributed by atoms with van der Waals surface area (Å²) >= 11 is 0. The van der Waals surface area contributed by atoms with Crippen LogP contribution in [0.15, 0.2) is 48.8 Å². The summed E-state index contributed by atoms with van der Waals surface area (Å²) in [7, 11) is 0. The first-order valence-electron chi connectivity index (χ1n) is 12.2. The molecule has 1 unspecified atom stereocenters. The number of anilines is 1. The van der Waals surface area contributed by atoms with Crippen LogP contribution in [-0.2, 0) is 0 Å². The lowest BCUT2D eigenvalue weighted by Crippen LogP contribution is -2.35. The summed E-state index contributed by atoms with van der Waals surface area (Å²) in [6, 6.07) is 12.8. The lowest BCUT2D eigenvalue weighted by atomic mass is 10.0. The Labute approximate surface area is 203 Å². The molecule has 1 atom stereocenters. The number of nitrogens with zero attached hydrogens (tertiary/aromatic N) is 1.